The third kappa shape index (κ3) is 4.05. The van der Waals surface area contributed by atoms with E-state index in [0.717, 1.165) is 23.1 Å². The van der Waals surface area contributed by atoms with Gasteiger partial charge < -0.3 is 0 Å². The summed E-state index contributed by atoms with van der Waals surface area (Å²) in [7, 11) is 0. The van der Waals surface area contributed by atoms with Gasteiger partial charge in [0.25, 0.3) is 0 Å². The Labute approximate surface area is 165 Å². The van der Waals surface area contributed by atoms with Crippen LogP contribution in [0.2, 0.25) is 0 Å². The molecule has 27 heavy (non-hydrogen) atoms. The molecule has 2 aromatic rings. The molecule has 2 aliphatic carbocycles. The molecular formula is C25H36F2. The first-order valence-electron chi connectivity index (χ1n) is 11.0. The second-order valence-corrected chi connectivity index (χ2v) is 9.02. The maximum absolute atomic E-state index is 13.9. The highest BCUT2D eigenvalue weighted by atomic mass is 19.2. The first-order chi connectivity index (χ1) is 13.2. The molecule has 0 heterocycles. The summed E-state index contributed by atoms with van der Waals surface area (Å²) < 4.78 is 27.3. The summed E-state index contributed by atoms with van der Waals surface area (Å²) in [6, 6.07) is 8.82. The Hall–Kier alpha value is -1.44. The maximum Gasteiger partial charge on any atom is 0.166 e. The number of halogens is 2. The van der Waals surface area contributed by atoms with E-state index in [-0.39, 0.29) is 2.85 Å². The van der Waals surface area contributed by atoms with E-state index in [1.165, 1.54) is 75.8 Å². The molecular weight excluding hydrogens is 338 g/mol. The lowest BCUT2D eigenvalue weighted by molar-refractivity contribution is 0.156. The van der Waals surface area contributed by atoms with Crippen molar-refractivity contribution in [2.75, 3.05) is 0 Å². The molecule has 0 bridgehead atoms. The summed E-state index contributed by atoms with van der Waals surface area (Å²) >= 11 is 0. The summed E-state index contributed by atoms with van der Waals surface area (Å²) in [6.45, 7) is 2.31. The fourth-order valence-corrected chi connectivity index (χ4v) is 5.82. The molecule has 0 saturated heterocycles. The van der Waals surface area contributed by atoms with E-state index in [0.29, 0.717) is 11.3 Å². The number of hydrogen-bond acceptors (Lipinski definition) is 0. The molecule has 150 valence electrons. The second kappa shape index (κ2) is 8.29. The van der Waals surface area contributed by atoms with Crippen LogP contribution in [0, 0.1) is 29.4 Å². The van der Waals surface area contributed by atoms with E-state index in [1.54, 1.807) is 12.1 Å². The first-order valence-corrected chi connectivity index (χ1v) is 11.0. The van der Waals surface area contributed by atoms with Crippen LogP contribution in [0.25, 0.3) is 10.8 Å². The van der Waals surface area contributed by atoms with Gasteiger partial charge in [-0.05, 0) is 79.2 Å². The number of fused-ring (bicyclic) bond motifs is 1. The summed E-state index contributed by atoms with van der Waals surface area (Å²) in [5, 5.41) is 1.22. The van der Waals surface area contributed by atoms with Crippen molar-refractivity contribution in [3.63, 3.8) is 0 Å². The molecule has 2 fully saturated rings. The lowest BCUT2D eigenvalue weighted by Crippen LogP contribution is -2.25. The van der Waals surface area contributed by atoms with E-state index in [2.05, 4.69) is 13.0 Å². The highest BCUT2D eigenvalue weighted by molar-refractivity contribution is 5.84. The minimum Gasteiger partial charge on any atom is -0.204 e. The van der Waals surface area contributed by atoms with E-state index in [9.17, 15) is 8.78 Å². The quantitative estimate of drug-likeness (QED) is 0.503. The Bertz CT molecular complexity index is 776. The predicted molar refractivity (Wildman–Crippen MR) is 113 cm³/mol. The lowest BCUT2D eigenvalue weighted by atomic mass is 9.68. The Morgan fingerprint density at radius 2 is 1.52 bits per heavy atom. The number of benzene rings is 2. The molecule has 2 saturated carbocycles. The fourth-order valence-electron chi connectivity index (χ4n) is 5.82. The third-order valence-electron chi connectivity index (χ3n) is 7.43. The summed E-state index contributed by atoms with van der Waals surface area (Å²) in [4.78, 5) is 0. The van der Waals surface area contributed by atoms with Gasteiger partial charge in [-0.15, -0.1) is 0 Å². The van der Waals surface area contributed by atoms with Gasteiger partial charge in [0.15, 0.2) is 11.6 Å². The van der Waals surface area contributed by atoms with Crippen LogP contribution >= 0.6 is 0 Å². The Balaban J connectivity index is 0.00000150. The standard InChI is InChI=1S/C25H32F2.2H2/c1-2-3-17-4-6-18(7-5-17)19-8-10-20(11-9-19)21-12-14-23-22(16-21)13-15-24(26)25(23)27;;/h12-20H,2-11H2,1H3;2*1H. The molecule has 0 atom stereocenters. The topological polar surface area (TPSA) is 0 Å². The third-order valence-corrected chi connectivity index (χ3v) is 7.43. The number of rotatable bonds is 4. The van der Waals surface area contributed by atoms with Gasteiger partial charge in [-0.2, -0.15) is 0 Å². The summed E-state index contributed by atoms with van der Waals surface area (Å²) in [5.74, 6) is 1.95. The van der Waals surface area contributed by atoms with Crippen LogP contribution < -0.4 is 0 Å². The van der Waals surface area contributed by atoms with Crippen molar-refractivity contribution >= 4 is 10.8 Å². The zero-order valence-electron chi connectivity index (χ0n) is 16.5. The van der Waals surface area contributed by atoms with Crippen molar-refractivity contribution in [1.82, 2.24) is 0 Å². The molecule has 0 unspecified atom stereocenters. The molecule has 0 amide bonds. The largest absolute Gasteiger partial charge is 0.204 e. The van der Waals surface area contributed by atoms with Gasteiger partial charge in [0.05, 0.1) is 0 Å². The first kappa shape index (κ1) is 18.9. The van der Waals surface area contributed by atoms with Gasteiger partial charge in [-0.25, -0.2) is 8.78 Å². The van der Waals surface area contributed by atoms with Crippen LogP contribution in [0.15, 0.2) is 30.3 Å². The van der Waals surface area contributed by atoms with Crippen molar-refractivity contribution in [3.05, 3.63) is 47.5 Å². The second-order valence-electron chi connectivity index (χ2n) is 9.02. The van der Waals surface area contributed by atoms with E-state index < -0.39 is 11.6 Å². The van der Waals surface area contributed by atoms with Gasteiger partial charge in [-0.3, -0.25) is 0 Å². The minimum atomic E-state index is -0.760. The van der Waals surface area contributed by atoms with Crippen LogP contribution in [0.1, 0.15) is 85.5 Å². The van der Waals surface area contributed by atoms with E-state index in [4.69, 9.17) is 0 Å². The normalized spacial score (nSPS) is 29.1. The van der Waals surface area contributed by atoms with Gasteiger partial charge in [-0.1, -0.05) is 56.9 Å². The predicted octanol–water partition coefficient (Wildman–Crippen LogP) is 8.49. The Morgan fingerprint density at radius 1 is 0.852 bits per heavy atom. The molecule has 0 N–H and O–H groups in total. The van der Waals surface area contributed by atoms with Crippen molar-refractivity contribution in [2.24, 2.45) is 17.8 Å². The molecule has 0 spiro atoms. The average Bonchev–Trinajstić information content (AvgIpc) is 2.72. The van der Waals surface area contributed by atoms with Gasteiger partial charge in [0.1, 0.15) is 0 Å². The Morgan fingerprint density at radius 3 is 2.19 bits per heavy atom. The van der Waals surface area contributed by atoms with Crippen LogP contribution in [0.5, 0.6) is 0 Å². The van der Waals surface area contributed by atoms with Crippen molar-refractivity contribution in [3.8, 4) is 0 Å². The van der Waals surface area contributed by atoms with Crippen LogP contribution in [0.4, 0.5) is 8.78 Å². The van der Waals surface area contributed by atoms with Crippen LogP contribution in [0.3, 0.4) is 0 Å². The highest BCUT2D eigenvalue weighted by Crippen LogP contribution is 2.44. The van der Waals surface area contributed by atoms with Crippen LogP contribution in [-0.2, 0) is 0 Å². The zero-order valence-corrected chi connectivity index (χ0v) is 16.5. The molecule has 0 nitrogen and oxygen atoms in total. The van der Waals surface area contributed by atoms with Gasteiger partial charge >= 0.3 is 0 Å². The molecule has 2 heteroatoms. The van der Waals surface area contributed by atoms with Crippen molar-refractivity contribution in [2.45, 2.75) is 77.0 Å². The van der Waals surface area contributed by atoms with E-state index in [1.807, 2.05) is 6.07 Å². The van der Waals surface area contributed by atoms with Gasteiger partial charge in [0.2, 0.25) is 0 Å². The van der Waals surface area contributed by atoms with Crippen molar-refractivity contribution < 1.29 is 11.6 Å². The fraction of sp³-hybridized carbons (Fsp3) is 0.600. The SMILES string of the molecule is CCCC1CCC(C2CCC(c3ccc4c(F)c(F)ccc4c3)CC2)CC1.[HH].[HH]. The monoisotopic (exact) mass is 374 g/mol. The van der Waals surface area contributed by atoms with Crippen LogP contribution in [-0.4, -0.2) is 0 Å². The molecule has 4 rings (SSSR count). The van der Waals surface area contributed by atoms with Crippen molar-refractivity contribution in [1.29, 1.82) is 0 Å². The molecule has 0 radical (unpaired) electrons. The van der Waals surface area contributed by atoms with E-state index >= 15 is 0 Å². The Kier molecular flexibility index (Phi) is 5.80. The summed E-state index contributed by atoms with van der Waals surface area (Å²) in [5.41, 5.74) is 1.30. The lowest BCUT2D eigenvalue weighted by Gasteiger charge is -2.38. The van der Waals surface area contributed by atoms with Gasteiger partial charge in [0, 0.05) is 8.24 Å². The molecule has 2 aromatic carbocycles. The smallest absolute Gasteiger partial charge is 0.166 e. The molecule has 2 aliphatic rings. The summed E-state index contributed by atoms with van der Waals surface area (Å²) in [6.07, 6.45) is 13.7. The molecule has 0 aliphatic heterocycles. The molecule has 0 aromatic heterocycles. The maximum atomic E-state index is 13.9. The zero-order chi connectivity index (χ0) is 18.8. The highest BCUT2D eigenvalue weighted by Gasteiger charge is 2.31. The number of hydrogen-bond donors (Lipinski definition) is 0. The average molecular weight is 375 g/mol. The minimum absolute atomic E-state index is 0.